The molecule has 0 radical (unpaired) electrons. The number of fused-ring (bicyclic) bond motifs is 2. The van der Waals surface area contributed by atoms with Crippen LogP contribution in [0.25, 0.3) is 33.6 Å². The molecule has 1 unspecified atom stereocenters. The zero-order valence-corrected chi connectivity index (χ0v) is 19.7. The maximum Gasteiger partial charge on any atom is 0.257 e. The lowest BCUT2D eigenvalue weighted by Gasteiger charge is -2.31. The van der Waals surface area contributed by atoms with Gasteiger partial charge in [0, 0.05) is 50.4 Å². The van der Waals surface area contributed by atoms with Gasteiger partial charge in [0.05, 0.1) is 29.4 Å². The van der Waals surface area contributed by atoms with E-state index in [0.717, 1.165) is 59.5 Å². The number of ether oxygens (including phenoxy) is 1. The van der Waals surface area contributed by atoms with Gasteiger partial charge >= 0.3 is 0 Å². The van der Waals surface area contributed by atoms with Crippen LogP contribution in [-0.2, 0) is 13.6 Å². The molecular weight excluding hydrogens is 428 g/mol. The van der Waals surface area contributed by atoms with Crippen molar-refractivity contribution in [1.82, 2.24) is 24.0 Å². The number of imidazole rings is 1. The van der Waals surface area contributed by atoms with Gasteiger partial charge in [0.2, 0.25) is 0 Å². The van der Waals surface area contributed by atoms with E-state index in [4.69, 9.17) is 15.5 Å². The van der Waals surface area contributed by atoms with E-state index in [1.165, 1.54) is 12.8 Å². The maximum atomic E-state index is 13.4. The molecule has 6 rings (SSSR count). The van der Waals surface area contributed by atoms with Crippen molar-refractivity contribution in [2.75, 3.05) is 20.2 Å². The fourth-order valence-corrected chi connectivity index (χ4v) is 5.16. The van der Waals surface area contributed by atoms with Gasteiger partial charge in [-0.3, -0.25) is 4.79 Å². The summed E-state index contributed by atoms with van der Waals surface area (Å²) in [6, 6.07) is 10.1. The van der Waals surface area contributed by atoms with Gasteiger partial charge in [0.15, 0.2) is 5.82 Å². The molecule has 2 fully saturated rings. The molecule has 0 spiro atoms. The van der Waals surface area contributed by atoms with Gasteiger partial charge in [-0.2, -0.15) is 0 Å². The van der Waals surface area contributed by atoms with E-state index in [-0.39, 0.29) is 11.9 Å². The molecule has 8 heteroatoms. The predicted molar refractivity (Wildman–Crippen MR) is 132 cm³/mol. The second-order valence-corrected chi connectivity index (χ2v) is 9.69. The lowest BCUT2D eigenvalue weighted by Crippen LogP contribution is -2.45. The van der Waals surface area contributed by atoms with Crippen LogP contribution in [0, 0.1) is 5.92 Å². The molecule has 176 valence electrons. The van der Waals surface area contributed by atoms with Crippen molar-refractivity contribution < 1.29 is 9.53 Å². The molecule has 1 aliphatic carbocycles. The highest BCUT2D eigenvalue weighted by molar-refractivity contribution is 6.01. The van der Waals surface area contributed by atoms with Crippen LogP contribution >= 0.6 is 0 Å². The second-order valence-electron chi connectivity index (χ2n) is 9.69. The Balaban J connectivity index is 1.47. The molecule has 2 N–H and O–H groups in total. The van der Waals surface area contributed by atoms with Crippen molar-refractivity contribution in [1.29, 1.82) is 0 Å². The lowest BCUT2D eigenvalue weighted by molar-refractivity contribution is 0.0705. The summed E-state index contributed by atoms with van der Waals surface area (Å²) in [5.41, 5.74) is 10.4. The summed E-state index contributed by atoms with van der Waals surface area (Å²) in [6.07, 6.45) is 6.24. The third kappa shape index (κ3) is 3.53. The number of rotatable bonds is 5. The van der Waals surface area contributed by atoms with Crippen LogP contribution in [0.15, 0.2) is 36.5 Å². The minimum absolute atomic E-state index is 0.0240. The molecule has 4 aromatic rings. The highest BCUT2D eigenvalue weighted by Crippen LogP contribution is 2.36. The van der Waals surface area contributed by atoms with E-state index in [1.807, 2.05) is 36.3 Å². The molecule has 1 atom stereocenters. The third-order valence-electron chi connectivity index (χ3n) is 7.20. The van der Waals surface area contributed by atoms with Gasteiger partial charge in [-0.1, -0.05) is 0 Å². The number of benzene rings is 1. The predicted octanol–water partition coefficient (Wildman–Crippen LogP) is 3.57. The summed E-state index contributed by atoms with van der Waals surface area (Å²) in [5.74, 6) is 2.08. The van der Waals surface area contributed by atoms with Crippen molar-refractivity contribution in [2.45, 2.75) is 38.3 Å². The number of nitrogens with zero attached hydrogens (tertiary/aromatic N) is 5. The number of aromatic nitrogens is 4. The quantitative estimate of drug-likeness (QED) is 0.494. The smallest absolute Gasteiger partial charge is 0.257 e. The number of amides is 1. The van der Waals surface area contributed by atoms with Gasteiger partial charge in [0.25, 0.3) is 5.91 Å². The van der Waals surface area contributed by atoms with E-state index in [1.54, 1.807) is 7.11 Å². The second kappa shape index (κ2) is 8.13. The Morgan fingerprint density at radius 1 is 1.24 bits per heavy atom. The largest absolute Gasteiger partial charge is 0.496 e. The lowest BCUT2D eigenvalue weighted by atomic mass is 10.0. The first-order chi connectivity index (χ1) is 16.5. The number of methoxy groups -OCH3 is 1. The number of likely N-dealkylation sites (tertiary alicyclic amines) is 1. The van der Waals surface area contributed by atoms with Crippen molar-refractivity contribution in [3.05, 3.63) is 42.1 Å². The van der Waals surface area contributed by atoms with E-state index < -0.39 is 0 Å². The Morgan fingerprint density at radius 3 is 2.85 bits per heavy atom. The molecule has 1 amide bonds. The van der Waals surface area contributed by atoms with Crippen LogP contribution in [0.4, 0.5) is 0 Å². The fraction of sp³-hybridized carbons (Fsp3) is 0.423. The molecule has 4 heterocycles. The van der Waals surface area contributed by atoms with Crippen molar-refractivity contribution >= 4 is 28.0 Å². The number of pyridine rings is 1. The van der Waals surface area contributed by atoms with Crippen LogP contribution in [0.2, 0.25) is 0 Å². The van der Waals surface area contributed by atoms with Crippen LogP contribution < -0.4 is 10.5 Å². The number of aryl methyl sites for hydroxylation is 1. The highest BCUT2D eigenvalue weighted by atomic mass is 16.5. The first-order valence-corrected chi connectivity index (χ1v) is 12.1. The van der Waals surface area contributed by atoms with Gasteiger partial charge in [-0.05, 0) is 55.9 Å². The Bertz CT molecular complexity index is 1400. The SMILES string of the molecule is COc1cc2c(cc1C(=O)N1CCCC(N)C1)nc(-c1cc3cccnc3n1CC1CC1)n2C. The minimum Gasteiger partial charge on any atom is -0.496 e. The topological polar surface area (TPSA) is 91.2 Å². The number of carbonyl (C=O) groups is 1. The average Bonchev–Trinajstić information content (AvgIpc) is 3.53. The zero-order valence-electron chi connectivity index (χ0n) is 19.7. The van der Waals surface area contributed by atoms with E-state index in [0.29, 0.717) is 23.8 Å². The standard InChI is InChI=1S/C26H30N6O2/c1-30-21-13-23(34-2)19(26(33)31-10-4-6-18(27)15-31)12-20(21)29-25(30)22-11-17-5-3-9-28-24(17)32(22)14-16-7-8-16/h3,5,9,11-13,16,18H,4,6-8,10,14-15,27H2,1-2H3. The van der Waals surface area contributed by atoms with E-state index >= 15 is 0 Å². The molecule has 8 nitrogen and oxygen atoms in total. The first-order valence-electron chi connectivity index (χ1n) is 12.1. The van der Waals surface area contributed by atoms with Gasteiger partial charge in [-0.15, -0.1) is 0 Å². The van der Waals surface area contributed by atoms with Gasteiger partial charge in [-0.25, -0.2) is 9.97 Å². The third-order valence-corrected chi connectivity index (χ3v) is 7.20. The number of nitrogens with two attached hydrogens (primary N) is 1. The Hall–Kier alpha value is -3.39. The molecule has 3 aromatic heterocycles. The van der Waals surface area contributed by atoms with Crippen LogP contribution in [-0.4, -0.2) is 56.2 Å². The summed E-state index contributed by atoms with van der Waals surface area (Å²) in [6.45, 7) is 2.23. The molecule has 2 aliphatic rings. The van der Waals surface area contributed by atoms with E-state index in [9.17, 15) is 4.79 Å². The summed E-state index contributed by atoms with van der Waals surface area (Å²) >= 11 is 0. The highest BCUT2D eigenvalue weighted by Gasteiger charge is 2.28. The number of piperidine rings is 1. The summed E-state index contributed by atoms with van der Waals surface area (Å²) in [7, 11) is 3.62. The molecule has 1 aromatic carbocycles. The number of carbonyl (C=O) groups excluding carboxylic acids is 1. The summed E-state index contributed by atoms with van der Waals surface area (Å²) < 4.78 is 10.0. The molecular formula is C26H30N6O2. The maximum absolute atomic E-state index is 13.4. The van der Waals surface area contributed by atoms with Crippen molar-refractivity contribution in [3.8, 4) is 17.3 Å². The first kappa shape index (κ1) is 21.2. The van der Waals surface area contributed by atoms with Crippen molar-refractivity contribution in [3.63, 3.8) is 0 Å². The van der Waals surface area contributed by atoms with Gasteiger partial charge in [0.1, 0.15) is 11.4 Å². The molecule has 34 heavy (non-hydrogen) atoms. The van der Waals surface area contributed by atoms with E-state index in [2.05, 4.69) is 26.3 Å². The molecule has 1 saturated carbocycles. The summed E-state index contributed by atoms with van der Waals surface area (Å²) in [5, 5.41) is 1.11. The zero-order chi connectivity index (χ0) is 23.4. The minimum atomic E-state index is -0.0480. The Kier molecular flexibility index (Phi) is 5.06. The number of hydrogen-bond donors (Lipinski definition) is 1. The average molecular weight is 459 g/mol. The van der Waals surface area contributed by atoms with Gasteiger partial charge < -0.3 is 24.5 Å². The molecule has 1 saturated heterocycles. The summed E-state index contributed by atoms with van der Waals surface area (Å²) in [4.78, 5) is 24.9. The monoisotopic (exact) mass is 458 g/mol. The van der Waals surface area contributed by atoms with Crippen LogP contribution in [0.5, 0.6) is 5.75 Å². The molecule has 0 bridgehead atoms. The Morgan fingerprint density at radius 2 is 2.09 bits per heavy atom. The fourth-order valence-electron chi connectivity index (χ4n) is 5.16. The normalized spacial score (nSPS) is 18.7. The number of hydrogen-bond acceptors (Lipinski definition) is 5. The van der Waals surface area contributed by atoms with Crippen molar-refractivity contribution in [2.24, 2.45) is 18.7 Å². The van der Waals surface area contributed by atoms with Crippen LogP contribution in [0.1, 0.15) is 36.0 Å². The van der Waals surface area contributed by atoms with Crippen LogP contribution in [0.3, 0.4) is 0 Å². The molecule has 1 aliphatic heterocycles. The Labute approximate surface area is 198 Å².